The normalized spacial score (nSPS) is 12.0. The Morgan fingerprint density at radius 2 is 2.04 bits per heavy atom. The van der Waals surface area contributed by atoms with E-state index < -0.39 is 5.91 Å². The molecule has 1 aromatic carbocycles. The average Bonchev–Trinajstić information content (AvgIpc) is 3.05. The van der Waals surface area contributed by atoms with Gasteiger partial charge in [-0.3, -0.25) is 9.59 Å². The summed E-state index contributed by atoms with van der Waals surface area (Å²) >= 11 is 0. The maximum Gasteiger partial charge on any atom is 0.307 e. The lowest BCUT2D eigenvalue weighted by molar-refractivity contribution is -0.143. The van der Waals surface area contributed by atoms with Crippen LogP contribution < -0.4 is 5.32 Å². The van der Waals surface area contributed by atoms with E-state index in [1.807, 2.05) is 13.8 Å². The first-order valence-corrected chi connectivity index (χ1v) is 8.50. The molecule has 0 aliphatic heterocycles. The van der Waals surface area contributed by atoms with Crippen LogP contribution in [0.3, 0.4) is 0 Å². The number of aromatic nitrogens is 3. The zero-order valence-corrected chi connectivity index (χ0v) is 15.1. The van der Waals surface area contributed by atoms with E-state index in [4.69, 9.17) is 4.74 Å². The highest BCUT2D eigenvalue weighted by Crippen LogP contribution is 2.10. The van der Waals surface area contributed by atoms with Crippen molar-refractivity contribution in [1.29, 1.82) is 0 Å². The highest BCUT2D eigenvalue weighted by Gasteiger charge is 2.22. The lowest BCUT2D eigenvalue weighted by Crippen LogP contribution is -2.40. The van der Waals surface area contributed by atoms with Crippen LogP contribution in [0.15, 0.2) is 30.5 Å². The summed E-state index contributed by atoms with van der Waals surface area (Å²) < 4.78 is 20.0. The zero-order valence-electron chi connectivity index (χ0n) is 15.1. The number of rotatable bonds is 8. The van der Waals surface area contributed by atoms with Crippen molar-refractivity contribution in [1.82, 2.24) is 20.3 Å². The number of esters is 1. The summed E-state index contributed by atoms with van der Waals surface area (Å²) in [5, 5.41) is 10.5. The first-order chi connectivity index (χ1) is 12.4. The topological polar surface area (TPSA) is 86.1 Å². The number of nitrogens with zero attached hydrogens (tertiary/aromatic N) is 3. The summed E-state index contributed by atoms with van der Waals surface area (Å²) in [6.07, 6.45) is 1.53. The molecule has 1 atom stereocenters. The van der Waals surface area contributed by atoms with Crippen LogP contribution in [0.25, 0.3) is 0 Å². The van der Waals surface area contributed by atoms with Gasteiger partial charge in [0, 0.05) is 11.6 Å². The van der Waals surface area contributed by atoms with Crippen molar-refractivity contribution in [2.75, 3.05) is 6.61 Å². The van der Waals surface area contributed by atoms with Crippen LogP contribution in [0.5, 0.6) is 0 Å². The van der Waals surface area contributed by atoms with Crippen molar-refractivity contribution in [3.63, 3.8) is 0 Å². The number of nitrogens with one attached hydrogen (secondary N) is 1. The predicted molar refractivity (Wildman–Crippen MR) is 92.9 cm³/mol. The second kappa shape index (κ2) is 9.07. The van der Waals surface area contributed by atoms with Gasteiger partial charge in [-0.2, -0.15) is 0 Å². The van der Waals surface area contributed by atoms with E-state index in [0.29, 0.717) is 12.2 Å². The summed E-state index contributed by atoms with van der Waals surface area (Å²) in [4.78, 5) is 24.1. The molecular formula is C18H23FN4O3. The van der Waals surface area contributed by atoms with Crippen molar-refractivity contribution >= 4 is 11.9 Å². The second-order valence-corrected chi connectivity index (χ2v) is 6.23. The van der Waals surface area contributed by atoms with Crippen molar-refractivity contribution in [2.24, 2.45) is 5.92 Å². The van der Waals surface area contributed by atoms with Crippen LogP contribution in [-0.2, 0) is 16.1 Å². The monoisotopic (exact) mass is 362 g/mol. The molecule has 0 aliphatic carbocycles. The van der Waals surface area contributed by atoms with Crippen LogP contribution in [0, 0.1) is 11.7 Å². The van der Waals surface area contributed by atoms with Crippen molar-refractivity contribution in [3.8, 4) is 0 Å². The maximum absolute atomic E-state index is 13.7. The Hall–Kier alpha value is -2.77. The largest absolute Gasteiger partial charge is 0.466 e. The Morgan fingerprint density at radius 3 is 2.69 bits per heavy atom. The third-order valence-corrected chi connectivity index (χ3v) is 3.87. The summed E-state index contributed by atoms with van der Waals surface area (Å²) in [6.45, 7) is 6.00. The van der Waals surface area contributed by atoms with Crippen LogP contribution in [0.2, 0.25) is 0 Å². The van der Waals surface area contributed by atoms with Crippen molar-refractivity contribution in [3.05, 3.63) is 47.5 Å². The van der Waals surface area contributed by atoms with E-state index in [9.17, 15) is 14.0 Å². The number of ether oxygens (including phenoxy) is 1. The number of carbonyl (C=O) groups is 2. The van der Waals surface area contributed by atoms with E-state index in [2.05, 4.69) is 15.6 Å². The summed E-state index contributed by atoms with van der Waals surface area (Å²) in [5.41, 5.74) is 0.558. The van der Waals surface area contributed by atoms with Crippen LogP contribution in [0.4, 0.5) is 4.39 Å². The highest BCUT2D eigenvalue weighted by molar-refractivity contribution is 5.92. The average molecular weight is 362 g/mol. The fourth-order valence-corrected chi connectivity index (χ4v) is 2.38. The lowest BCUT2D eigenvalue weighted by atomic mass is 10.0. The Labute approximate surface area is 151 Å². The molecule has 0 fully saturated rings. The molecule has 1 heterocycles. The Morgan fingerprint density at radius 1 is 1.31 bits per heavy atom. The Balaban J connectivity index is 2.01. The molecule has 0 bridgehead atoms. The standard InChI is InChI=1S/C18H23FN4O3/c1-4-26-17(24)9-15(12(2)3)20-18(25)16-11-23(22-21-16)10-13-7-5-6-8-14(13)19/h5-8,11-12,15H,4,9-10H2,1-3H3,(H,20,25)/t15-/m0/s1. The van der Waals surface area contributed by atoms with E-state index >= 15 is 0 Å². The molecule has 0 saturated heterocycles. The van der Waals surface area contributed by atoms with Gasteiger partial charge >= 0.3 is 5.97 Å². The Bertz CT molecular complexity index is 760. The lowest BCUT2D eigenvalue weighted by Gasteiger charge is -2.20. The van der Waals surface area contributed by atoms with Crippen molar-refractivity contribution < 1.29 is 18.7 Å². The van der Waals surface area contributed by atoms with Crippen molar-refractivity contribution in [2.45, 2.75) is 39.8 Å². The maximum atomic E-state index is 13.7. The smallest absolute Gasteiger partial charge is 0.307 e. The molecule has 2 aromatic rings. The molecular weight excluding hydrogens is 339 g/mol. The molecule has 1 amide bonds. The third-order valence-electron chi connectivity index (χ3n) is 3.87. The van der Waals surface area contributed by atoms with Gasteiger partial charge < -0.3 is 10.1 Å². The minimum atomic E-state index is -0.437. The number of hydrogen-bond acceptors (Lipinski definition) is 5. The number of benzene rings is 1. The summed E-state index contributed by atoms with van der Waals surface area (Å²) in [6, 6.07) is 5.96. The van der Waals surface area contributed by atoms with Gasteiger partial charge in [-0.15, -0.1) is 5.10 Å². The first-order valence-electron chi connectivity index (χ1n) is 8.50. The molecule has 1 aromatic heterocycles. The fourth-order valence-electron chi connectivity index (χ4n) is 2.38. The molecule has 7 nitrogen and oxygen atoms in total. The van der Waals surface area contributed by atoms with Gasteiger partial charge in [-0.25, -0.2) is 9.07 Å². The minimum Gasteiger partial charge on any atom is -0.466 e. The molecule has 0 spiro atoms. The van der Waals surface area contributed by atoms with Gasteiger partial charge in [0.2, 0.25) is 0 Å². The van der Waals surface area contributed by atoms with Gasteiger partial charge in [-0.05, 0) is 18.9 Å². The van der Waals surface area contributed by atoms with E-state index in [-0.39, 0.29) is 42.4 Å². The molecule has 0 radical (unpaired) electrons. The fraction of sp³-hybridized carbons (Fsp3) is 0.444. The first kappa shape index (κ1) is 19.6. The van der Waals surface area contributed by atoms with E-state index in [1.165, 1.54) is 16.9 Å². The summed E-state index contributed by atoms with van der Waals surface area (Å²) in [5.74, 6) is -1.11. The molecule has 0 aliphatic rings. The van der Waals surface area contributed by atoms with E-state index in [1.54, 1.807) is 25.1 Å². The SMILES string of the molecule is CCOC(=O)C[C@H](NC(=O)c1cn(Cc2ccccc2F)nn1)C(C)C. The minimum absolute atomic E-state index is 0.0387. The van der Waals surface area contributed by atoms with Crippen LogP contribution >= 0.6 is 0 Å². The van der Waals surface area contributed by atoms with Crippen LogP contribution in [0.1, 0.15) is 43.2 Å². The van der Waals surface area contributed by atoms with Gasteiger partial charge in [0.15, 0.2) is 5.69 Å². The molecule has 26 heavy (non-hydrogen) atoms. The molecule has 0 unspecified atom stereocenters. The van der Waals surface area contributed by atoms with Gasteiger partial charge in [-0.1, -0.05) is 37.3 Å². The summed E-state index contributed by atoms with van der Waals surface area (Å²) in [7, 11) is 0. The molecule has 0 saturated carbocycles. The number of halogens is 1. The van der Waals surface area contributed by atoms with Gasteiger partial charge in [0.05, 0.1) is 25.8 Å². The molecule has 8 heteroatoms. The number of carbonyl (C=O) groups excluding carboxylic acids is 2. The molecule has 1 N–H and O–H groups in total. The number of amides is 1. The molecule has 140 valence electrons. The molecule has 2 rings (SSSR count). The van der Waals surface area contributed by atoms with Gasteiger partial charge in [0.1, 0.15) is 5.82 Å². The third kappa shape index (κ3) is 5.37. The zero-order chi connectivity index (χ0) is 19.1. The second-order valence-electron chi connectivity index (χ2n) is 6.23. The predicted octanol–water partition coefficient (Wildman–Crippen LogP) is 2.17. The Kier molecular flexibility index (Phi) is 6.82. The van der Waals surface area contributed by atoms with Gasteiger partial charge in [0.25, 0.3) is 5.91 Å². The highest BCUT2D eigenvalue weighted by atomic mass is 19.1. The van der Waals surface area contributed by atoms with Crippen LogP contribution in [-0.4, -0.2) is 39.5 Å². The number of hydrogen-bond donors (Lipinski definition) is 1. The quantitative estimate of drug-likeness (QED) is 0.728. The van der Waals surface area contributed by atoms with E-state index in [0.717, 1.165) is 0 Å².